The number of nitrogens with zero attached hydrogens (tertiary/aromatic N) is 4. The number of carbonyl (C=O) groups is 1. The molecule has 1 aliphatic rings. The minimum absolute atomic E-state index is 0.131. The Morgan fingerprint density at radius 2 is 1.84 bits per heavy atom. The first kappa shape index (κ1) is 21.6. The summed E-state index contributed by atoms with van der Waals surface area (Å²) in [6, 6.07) is 10.6. The van der Waals surface area contributed by atoms with Crippen LogP contribution in [0.1, 0.15) is 49.7 Å². The van der Waals surface area contributed by atoms with E-state index in [-0.39, 0.29) is 5.91 Å². The second kappa shape index (κ2) is 10.1. The van der Waals surface area contributed by atoms with Gasteiger partial charge in [0.1, 0.15) is 0 Å². The van der Waals surface area contributed by atoms with Gasteiger partial charge in [0.2, 0.25) is 5.91 Å². The molecule has 162 valence electrons. The Balaban J connectivity index is 1.51. The number of aromatic nitrogens is 4. The average molecular weight is 436 g/mol. The molecule has 6 nitrogen and oxygen atoms in total. The van der Waals surface area contributed by atoms with Gasteiger partial charge in [-0.2, -0.15) is 0 Å². The molecule has 0 atom stereocenters. The van der Waals surface area contributed by atoms with Crippen molar-refractivity contribution in [1.29, 1.82) is 0 Å². The molecule has 1 saturated carbocycles. The van der Waals surface area contributed by atoms with Crippen molar-refractivity contribution in [1.82, 2.24) is 25.1 Å². The molecule has 0 aliphatic heterocycles. The zero-order valence-corrected chi connectivity index (χ0v) is 19.0. The zero-order valence-electron chi connectivity index (χ0n) is 18.2. The molecule has 4 rings (SSSR count). The van der Waals surface area contributed by atoms with Crippen LogP contribution >= 0.6 is 11.8 Å². The zero-order chi connectivity index (χ0) is 21.6. The first-order valence-corrected chi connectivity index (χ1v) is 12.0. The Morgan fingerprint density at radius 1 is 1.06 bits per heavy atom. The van der Waals surface area contributed by atoms with Gasteiger partial charge in [0.05, 0.1) is 5.69 Å². The van der Waals surface area contributed by atoms with Crippen molar-refractivity contribution in [3.8, 4) is 17.1 Å². The molecule has 2 heterocycles. The van der Waals surface area contributed by atoms with Crippen molar-refractivity contribution in [3.63, 3.8) is 0 Å². The predicted octanol–water partition coefficient (Wildman–Crippen LogP) is 4.88. The average Bonchev–Trinajstić information content (AvgIpc) is 3.21. The van der Waals surface area contributed by atoms with E-state index in [2.05, 4.69) is 57.1 Å². The summed E-state index contributed by atoms with van der Waals surface area (Å²) in [5.41, 5.74) is 4.45. The van der Waals surface area contributed by atoms with Gasteiger partial charge in [-0.25, -0.2) is 0 Å². The topological polar surface area (TPSA) is 72.7 Å². The van der Waals surface area contributed by atoms with Gasteiger partial charge in [0.25, 0.3) is 0 Å². The molecule has 3 aromatic rings. The summed E-state index contributed by atoms with van der Waals surface area (Å²) in [5, 5.41) is 12.9. The van der Waals surface area contributed by atoms with Gasteiger partial charge < -0.3 is 5.32 Å². The number of benzene rings is 1. The van der Waals surface area contributed by atoms with Crippen molar-refractivity contribution in [2.45, 2.75) is 63.6 Å². The molecular weight excluding hydrogens is 406 g/mol. The van der Waals surface area contributed by atoms with Gasteiger partial charge in [0, 0.05) is 36.2 Å². The lowest BCUT2D eigenvalue weighted by molar-refractivity contribution is -0.121. The van der Waals surface area contributed by atoms with E-state index in [1.165, 1.54) is 30.4 Å². The fourth-order valence-corrected chi connectivity index (χ4v) is 4.82. The molecule has 0 unspecified atom stereocenters. The third kappa shape index (κ3) is 5.34. The van der Waals surface area contributed by atoms with Crippen LogP contribution in [-0.4, -0.2) is 37.5 Å². The molecule has 1 fully saturated rings. The maximum atomic E-state index is 12.4. The lowest BCUT2D eigenvalue weighted by Crippen LogP contribution is -2.36. The van der Waals surface area contributed by atoms with Crippen LogP contribution in [0.5, 0.6) is 0 Å². The second-order valence-corrected chi connectivity index (χ2v) is 9.21. The van der Waals surface area contributed by atoms with Crippen LogP contribution < -0.4 is 5.32 Å². The van der Waals surface area contributed by atoms with E-state index in [0.717, 1.165) is 35.1 Å². The molecule has 0 spiro atoms. The highest BCUT2D eigenvalue weighted by atomic mass is 32.2. The summed E-state index contributed by atoms with van der Waals surface area (Å²) in [6.45, 7) is 4.22. The summed E-state index contributed by atoms with van der Waals surface area (Å²) >= 11 is 1.57. The normalized spacial score (nSPS) is 14.5. The lowest BCUT2D eigenvalue weighted by Gasteiger charge is -2.22. The van der Waals surface area contributed by atoms with Crippen molar-refractivity contribution in [3.05, 3.63) is 53.9 Å². The van der Waals surface area contributed by atoms with Crippen LogP contribution in [-0.2, 0) is 4.79 Å². The van der Waals surface area contributed by atoms with E-state index in [9.17, 15) is 4.79 Å². The van der Waals surface area contributed by atoms with Crippen LogP contribution in [0.4, 0.5) is 0 Å². The van der Waals surface area contributed by atoms with E-state index < -0.39 is 0 Å². The Morgan fingerprint density at radius 3 is 2.58 bits per heavy atom. The quantitative estimate of drug-likeness (QED) is 0.536. The summed E-state index contributed by atoms with van der Waals surface area (Å²) in [4.78, 5) is 16.5. The first-order chi connectivity index (χ1) is 15.1. The lowest BCUT2D eigenvalue weighted by atomic mass is 9.95. The van der Waals surface area contributed by atoms with Crippen LogP contribution in [0.15, 0.2) is 47.9 Å². The SMILES string of the molecule is Cc1ccc(-n2c(SCCC(=O)NC3CCCCC3)nnc2-c2ccncc2)cc1C. The standard InChI is InChI=1S/C24H29N5OS/c1-17-8-9-21(16-18(17)2)29-23(19-10-13-25-14-11-19)27-28-24(29)31-15-12-22(30)26-20-6-4-3-5-7-20/h8-11,13-14,16,20H,3-7,12,15H2,1-2H3,(H,26,30). The largest absolute Gasteiger partial charge is 0.353 e. The molecule has 2 aromatic heterocycles. The second-order valence-electron chi connectivity index (χ2n) is 8.15. The Labute approximate surface area is 187 Å². The number of aryl methyl sites for hydroxylation is 2. The number of rotatable bonds is 7. The molecule has 0 saturated heterocycles. The molecule has 7 heteroatoms. The number of carbonyl (C=O) groups excluding carboxylic acids is 1. The molecule has 0 radical (unpaired) electrons. The Kier molecular flexibility index (Phi) is 7.02. The smallest absolute Gasteiger partial charge is 0.221 e. The summed E-state index contributed by atoms with van der Waals surface area (Å²) in [6.07, 6.45) is 9.94. The maximum Gasteiger partial charge on any atom is 0.221 e. The van der Waals surface area contributed by atoms with Gasteiger partial charge in [0.15, 0.2) is 11.0 Å². The highest BCUT2D eigenvalue weighted by molar-refractivity contribution is 7.99. The Hall–Kier alpha value is -2.67. The number of amides is 1. The Bertz CT molecular complexity index is 1030. The highest BCUT2D eigenvalue weighted by Gasteiger charge is 2.18. The monoisotopic (exact) mass is 435 g/mol. The van der Waals surface area contributed by atoms with E-state index in [4.69, 9.17) is 0 Å². The fraction of sp³-hybridized carbons (Fsp3) is 0.417. The molecule has 1 N–H and O–H groups in total. The number of hydrogen-bond donors (Lipinski definition) is 1. The van der Waals surface area contributed by atoms with Crippen molar-refractivity contribution in [2.75, 3.05) is 5.75 Å². The van der Waals surface area contributed by atoms with Gasteiger partial charge >= 0.3 is 0 Å². The van der Waals surface area contributed by atoms with E-state index >= 15 is 0 Å². The van der Waals surface area contributed by atoms with Crippen LogP contribution in [0, 0.1) is 13.8 Å². The molecule has 1 amide bonds. The number of nitrogens with one attached hydrogen (secondary N) is 1. The maximum absolute atomic E-state index is 12.4. The molecular formula is C24H29N5OS. The number of thioether (sulfide) groups is 1. The molecule has 1 aliphatic carbocycles. The van der Waals surface area contributed by atoms with E-state index in [0.29, 0.717) is 18.2 Å². The molecule has 0 bridgehead atoms. The fourth-order valence-electron chi connectivity index (χ4n) is 3.93. The third-order valence-electron chi connectivity index (χ3n) is 5.85. The van der Waals surface area contributed by atoms with Crippen molar-refractivity contribution in [2.24, 2.45) is 0 Å². The van der Waals surface area contributed by atoms with Gasteiger partial charge in [-0.1, -0.05) is 37.1 Å². The van der Waals surface area contributed by atoms with Crippen molar-refractivity contribution >= 4 is 17.7 Å². The minimum Gasteiger partial charge on any atom is -0.353 e. The number of hydrogen-bond acceptors (Lipinski definition) is 5. The molecule has 31 heavy (non-hydrogen) atoms. The molecule has 1 aromatic carbocycles. The van der Waals surface area contributed by atoms with Crippen molar-refractivity contribution < 1.29 is 4.79 Å². The van der Waals surface area contributed by atoms with E-state index in [1.807, 2.05) is 12.1 Å². The highest BCUT2D eigenvalue weighted by Crippen LogP contribution is 2.29. The minimum atomic E-state index is 0.131. The van der Waals surface area contributed by atoms with Gasteiger partial charge in [-0.15, -0.1) is 10.2 Å². The summed E-state index contributed by atoms with van der Waals surface area (Å²) in [7, 11) is 0. The van der Waals surface area contributed by atoms with E-state index in [1.54, 1.807) is 24.2 Å². The van der Waals surface area contributed by atoms with Crippen LogP contribution in [0.2, 0.25) is 0 Å². The van der Waals surface area contributed by atoms with Gasteiger partial charge in [-0.3, -0.25) is 14.3 Å². The van der Waals surface area contributed by atoms with Crippen LogP contribution in [0.3, 0.4) is 0 Å². The number of pyridine rings is 1. The summed E-state index contributed by atoms with van der Waals surface area (Å²) < 4.78 is 2.07. The predicted molar refractivity (Wildman–Crippen MR) is 124 cm³/mol. The van der Waals surface area contributed by atoms with Crippen LogP contribution in [0.25, 0.3) is 17.1 Å². The van der Waals surface area contributed by atoms with Gasteiger partial charge in [-0.05, 0) is 62.1 Å². The summed E-state index contributed by atoms with van der Waals surface area (Å²) in [5.74, 6) is 1.57. The first-order valence-electron chi connectivity index (χ1n) is 11.0. The third-order valence-corrected chi connectivity index (χ3v) is 6.78.